The Balaban J connectivity index is 1.50. The van der Waals surface area contributed by atoms with Gasteiger partial charge < -0.3 is 20.1 Å². The highest BCUT2D eigenvalue weighted by Crippen LogP contribution is 2.23. The summed E-state index contributed by atoms with van der Waals surface area (Å²) in [6.45, 7) is 1.33. The molecule has 0 fully saturated rings. The molecule has 0 aliphatic carbocycles. The number of methoxy groups -OCH3 is 1. The Morgan fingerprint density at radius 3 is 2.32 bits per heavy atom. The molecule has 2 aromatic carbocycles. The van der Waals surface area contributed by atoms with Crippen molar-refractivity contribution in [3.8, 4) is 17.4 Å². The number of hydrogen-bond acceptors (Lipinski definition) is 4. The first kappa shape index (κ1) is 19.2. The number of aliphatic imine (C=N–C) groups is 1. The second kappa shape index (κ2) is 9.97. The number of guanidine groups is 1. The molecule has 0 amide bonds. The first-order chi connectivity index (χ1) is 13.8. The molecule has 0 bridgehead atoms. The Kier molecular flexibility index (Phi) is 6.84. The molecule has 0 saturated heterocycles. The van der Waals surface area contributed by atoms with E-state index in [1.54, 1.807) is 20.4 Å². The summed E-state index contributed by atoms with van der Waals surface area (Å²) >= 11 is 0. The van der Waals surface area contributed by atoms with Gasteiger partial charge in [0.2, 0.25) is 5.88 Å². The van der Waals surface area contributed by atoms with Crippen LogP contribution < -0.4 is 20.1 Å². The third-order valence-electron chi connectivity index (χ3n) is 4.05. The van der Waals surface area contributed by atoms with Crippen LogP contribution >= 0.6 is 0 Å². The smallest absolute Gasteiger partial charge is 0.219 e. The Hall–Kier alpha value is -3.54. The number of aromatic nitrogens is 1. The molecule has 6 nitrogen and oxygen atoms in total. The van der Waals surface area contributed by atoms with Crippen molar-refractivity contribution in [2.75, 3.05) is 14.2 Å². The number of nitrogens with one attached hydrogen (secondary N) is 2. The maximum Gasteiger partial charge on any atom is 0.219 e. The van der Waals surface area contributed by atoms with Gasteiger partial charge in [0.15, 0.2) is 5.96 Å². The van der Waals surface area contributed by atoms with Gasteiger partial charge in [-0.25, -0.2) is 4.98 Å². The number of nitrogens with zero attached hydrogens (tertiary/aromatic N) is 2. The summed E-state index contributed by atoms with van der Waals surface area (Å²) in [5, 5.41) is 6.57. The van der Waals surface area contributed by atoms with E-state index in [2.05, 4.69) is 32.7 Å². The summed E-state index contributed by atoms with van der Waals surface area (Å²) in [5.74, 6) is 2.69. The average molecular weight is 376 g/mol. The monoisotopic (exact) mass is 376 g/mol. The van der Waals surface area contributed by atoms with Gasteiger partial charge in [-0.1, -0.05) is 42.5 Å². The molecule has 0 aliphatic rings. The van der Waals surface area contributed by atoms with Crippen LogP contribution in [0.2, 0.25) is 0 Å². The molecule has 0 aliphatic heterocycles. The lowest BCUT2D eigenvalue weighted by Crippen LogP contribution is -2.36. The predicted molar refractivity (Wildman–Crippen MR) is 111 cm³/mol. The SMILES string of the molecule is CN=C(NCc1ccccc1)NCc1ccc(Oc2cccc(OC)c2)nc1. The van der Waals surface area contributed by atoms with Crippen molar-refractivity contribution < 1.29 is 9.47 Å². The van der Waals surface area contributed by atoms with Gasteiger partial charge >= 0.3 is 0 Å². The fraction of sp³-hybridized carbons (Fsp3) is 0.182. The minimum absolute atomic E-state index is 0.531. The predicted octanol–water partition coefficient (Wildman–Crippen LogP) is 3.75. The molecule has 0 radical (unpaired) electrons. The highest BCUT2D eigenvalue weighted by Gasteiger charge is 2.03. The van der Waals surface area contributed by atoms with Crippen LogP contribution in [-0.4, -0.2) is 25.1 Å². The second-order valence-electron chi connectivity index (χ2n) is 6.05. The molecule has 1 heterocycles. The molecule has 2 N–H and O–H groups in total. The summed E-state index contributed by atoms with van der Waals surface area (Å²) in [6, 6.07) is 21.4. The molecule has 0 saturated carbocycles. The zero-order valence-corrected chi connectivity index (χ0v) is 16.1. The maximum atomic E-state index is 5.76. The quantitative estimate of drug-likeness (QED) is 0.486. The highest BCUT2D eigenvalue weighted by molar-refractivity contribution is 5.79. The Morgan fingerprint density at radius 1 is 0.893 bits per heavy atom. The summed E-state index contributed by atoms with van der Waals surface area (Å²) in [6.07, 6.45) is 1.78. The van der Waals surface area contributed by atoms with Crippen LogP contribution in [0, 0.1) is 0 Å². The van der Waals surface area contributed by atoms with Gasteiger partial charge in [-0.3, -0.25) is 4.99 Å². The average Bonchev–Trinajstić information content (AvgIpc) is 2.76. The van der Waals surface area contributed by atoms with E-state index < -0.39 is 0 Å². The van der Waals surface area contributed by atoms with E-state index in [-0.39, 0.29) is 0 Å². The van der Waals surface area contributed by atoms with Gasteiger partial charge in [0.25, 0.3) is 0 Å². The first-order valence-corrected chi connectivity index (χ1v) is 9.02. The van der Waals surface area contributed by atoms with Crippen molar-refractivity contribution in [3.05, 3.63) is 84.1 Å². The molecule has 0 spiro atoms. The molecule has 0 atom stereocenters. The maximum absolute atomic E-state index is 5.76. The normalized spacial score (nSPS) is 11.0. The third-order valence-corrected chi connectivity index (χ3v) is 4.05. The van der Waals surface area contributed by atoms with Gasteiger partial charge in [0.1, 0.15) is 11.5 Å². The zero-order valence-electron chi connectivity index (χ0n) is 16.1. The molecule has 3 rings (SSSR count). The molecule has 144 valence electrons. The van der Waals surface area contributed by atoms with Crippen LogP contribution in [0.15, 0.2) is 77.9 Å². The van der Waals surface area contributed by atoms with E-state index in [4.69, 9.17) is 9.47 Å². The zero-order chi connectivity index (χ0) is 19.6. The van der Waals surface area contributed by atoms with Gasteiger partial charge in [0, 0.05) is 38.5 Å². The van der Waals surface area contributed by atoms with Crippen molar-refractivity contribution >= 4 is 5.96 Å². The Morgan fingerprint density at radius 2 is 1.64 bits per heavy atom. The van der Waals surface area contributed by atoms with E-state index in [1.165, 1.54) is 5.56 Å². The van der Waals surface area contributed by atoms with E-state index in [9.17, 15) is 0 Å². The lowest BCUT2D eigenvalue weighted by atomic mass is 10.2. The second-order valence-corrected chi connectivity index (χ2v) is 6.05. The van der Waals surface area contributed by atoms with Gasteiger partial charge in [-0.05, 0) is 23.3 Å². The summed E-state index contributed by atoms with van der Waals surface area (Å²) in [7, 11) is 3.38. The minimum atomic E-state index is 0.531. The fourth-order valence-corrected chi connectivity index (χ4v) is 2.55. The summed E-state index contributed by atoms with van der Waals surface area (Å²) in [4.78, 5) is 8.61. The minimum Gasteiger partial charge on any atom is -0.497 e. The Bertz CT molecular complexity index is 896. The van der Waals surface area contributed by atoms with E-state index in [0.717, 1.165) is 17.3 Å². The van der Waals surface area contributed by atoms with Crippen molar-refractivity contribution in [2.24, 2.45) is 4.99 Å². The number of ether oxygens (including phenoxy) is 2. The van der Waals surface area contributed by atoms with Gasteiger partial charge in [0.05, 0.1) is 7.11 Å². The molecular weight excluding hydrogens is 352 g/mol. The van der Waals surface area contributed by atoms with Crippen LogP contribution in [0.4, 0.5) is 0 Å². The van der Waals surface area contributed by atoms with Crippen molar-refractivity contribution in [1.82, 2.24) is 15.6 Å². The van der Waals surface area contributed by atoms with E-state index in [1.807, 2.05) is 54.6 Å². The molecule has 6 heteroatoms. The highest BCUT2D eigenvalue weighted by atomic mass is 16.5. The largest absolute Gasteiger partial charge is 0.497 e. The standard InChI is InChI=1S/C22H24N4O2/c1-23-22(25-14-17-7-4-3-5-8-17)26-16-18-11-12-21(24-15-18)28-20-10-6-9-19(13-20)27-2/h3-13,15H,14,16H2,1-2H3,(H2,23,25,26). The molecule has 3 aromatic rings. The van der Waals surface area contributed by atoms with Crippen molar-refractivity contribution in [2.45, 2.75) is 13.1 Å². The number of benzene rings is 2. The first-order valence-electron chi connectivity index (χ1n) is 9.02. The molecule has 28 heavy (non-hydrogen) atoms. The topological polar surface area (TPSA) is 67.8 Å². The van der Waals surface area contributed by atoms with Crippen LogP contribution in [0.25, 0.3) is 0 Å². The van der Waals surface area contributed by atoms with Crippen molar-refractivity contribution in [3.63, 3.8) is 0 Å². The van der Waals surface area contributed by atoms with Crippen LogP contribution in [-0.2, 0) is 13.1 Å². The van der Waals surface area contributed by atoms with Crippen LogP contribution in [0.5, 0.6) is 17.4 Å². The lowest BCUT2D eigenvalue weighted by Gasteiger charge is -2.12. The summed E-state index contributed by atoms with van der Waals surface area (Å²) in [5.41, 5.74) is 2.23. The van der Waals surface area contributed by atoms with Crippen LogP contribution in [0.3, 0.4) is 0 Å². The lowest BCUT2D eigenvalue weighted by molar-refractivity contribution is 0.407. The fourth-order valence-electron chi connectivity index (χ4n) is 2.55. The van der Waals surface area contributed by atoms with Crippen molar-refractivity contribution in [1.29, 1.82) is 0 Å². The van der Waals surface area contributed by atoms with Crippen LogP contribution in [0.1, 0.15) is 11.1 Å². The Labute approximate surface area is 165 Å². The number of rotatable bonds is 7. The van der Waals surface area contributed by atoms with E-state index in [0.29, 0.717) is 24.7 Å². The molecule has 1 aromatic heterocycles. The molecule has 0 unspecified atom stereocenters. The number of pyridine rings is 1. The van der Waals surface area contributed by atoms with Gasteiger partial charge in [-0.2, -0.15) is 0 Å². The summed E-state index contributed by atoms with van der Waals surface area (Å²) < 4.78 is 11.0. The third kappa shape index (κ3) is 5.74. The molecular formula is C22H24N4O2. The number of hydrogen-bond donors (Lipinski definition) is 2. The van der Waals surface area contributed by atoms with E-state index >= 15 is 0 Å². The van der Waals surface area contributed by atoms with Gasteiger partial charge in [-0.15, -0.1) is 0 Å².